The molecule has 0 saturated carbocycles. The van der Waals surface area contributed by atoms with Crippen molar-refractivity contribution in [3.05, 3.63) is 64.2 Å². The van der Waals surface area contributed by atoms with E-state index in [0.29, 0.717) is 6.42 Å². The minimum Gasteiger partial charge on any atom is -0.462 e. The summed E-state index contributed by atoms with van der Waals surface area (Å²) >= 11 is 0. The van der Waals surface area contributed by atoms with Crippen LogP contribution in [0, 0.1) is 10.1 Å². The molecule has 2 rings (SSSR count). The molecule has 0 fully saturated rings. The van der Waals surface area contributed by atoms with Crippen molar-refractivity contribution in [3.8, 4) is 0 Å². The summed E-state index contributed by atoms with van der Waals surface area (Å²) in [6, 6.07) is 11.3. The third kappa shape index (κ3) is 5.63. The van der Waals surface area contributed by atoms with E-state index < -0.39 is 22.7 Å². The number of nitrogens with zero attached hydrogens (tertiary/aromatic N) is 1. The number of anilines is 2. The van der Waals surface area contributed by atoms with Crippen LogP contribution in [0.5, 0.6) is 0 Å². The Balaban J connectivity index is 2.06. The topological polar surface area (TPSA) is 128 Å². The van der Waals surface area contributed by atoms with Gasteiger partial charge in [0.25, 0.3) is 5.69 Å². The number of benzene rings is 2. The third-order valence-electron chi connectivity index (χ3n) is 3.65. The van der Waals surface area contributed by atoms with Crippen LogP contribution in [0.4, 0.5) is 17.1 Å². The van der Waals surface area contributed by atoms with Gasteiger partial charge >= 0.3 is 17.8 Å². The van der Waals surface area contributed by atoms with Crippen molar-refractivity contribution >= 4 is 34.8 Å². The summed E-state index contributed by atoms with van der Waals surface area (Å²) in [5.74, 6) is -2.67. The van der Waals surface area contributed by atoms with Gasteiger partial charge < -0.3 is 15.4 Å². The maximum Gasteiger partial charge on any atom is 0.340 e. The number of unbranched alkanes of at least 4 members (excludes halogenated alkanes) is 1. The Morgan fingerprint density at radius 2 is 1.75 bits per heavy atom. The minimum absolute atomic E-state index is 0.0987. The SMILES string of the molecule is CCCCOC(=O)c1ccccc1NC(=O)C(=O)Nc1cccc([N+](=O)[O-])c1. The number of rotatable bonds is 7. The monoisotopic (exact) mass is 385 g/mol. The summed E-state index contributed by atoms with van der Waals surface area (Å²) in [4.78, 5) is 46.6. The van der Waals surface area contributed by atoms with Crippen LogP contribution in [-0.4, -0.2) is 29.3 Å². The van der Waals surface area contributed by atoms with Gasteiger partial charge in [-0.25, -0.2) is 4.79 Å². The molecular weight excluding hydrogens is 366 g/mol. The van der Waals surface area contributed by atoms with Gasteiger partial charge in [0, 0.05) is 17.8 Å². The van der Waals surface area contributed by atoms with Crippen molar-refractivity contribution in [1.82, 2.24) is 0 Å². The summed E-state index contributed by atoms with van der Waals surface area (Å²) in [7, 11) is 0. The van der Waals surface area contributed by atoms with Gasteiger partial charge in [-0.15, -0.1) is 0 Å². The molecule has 2 aromatic rings. The number of hydrogen-bond acceptors (Lipinski definition) is 6. The first-order valence-electron chi connectivity index (χ1n) is 8.55. The first-order chi connectivity index (χ1) is 13.4. The van der Waals surface area contributed by atoms with Crippen molar-refractivity contribution in [1.29, 1.82) is 0 Å². The largest absolute Gasteiger partial charge is 0.462 e. The molecule has 0 aliphatic heterocycles. The summed E-state index contributed by atoms with van der Waals surface area (Å²) in [6.45, 7) is 2.22. The zero-order valence-electron chi connectivity index (χ0n) is 15.1. The van der Waals surface area contributed by atoms with Crippen LogP contribution in [0.1, 0.15) is 30.1 Å². The van der Waals surface area contributed by atoms with Crippen LogP contribution < -0.4 is 10.6 Å². The number of esters is 1. The highest BCUT2D eigenvalue weighted by molar-refractivity contribution is 6.44. The lowest BCUT2D eigenvalue weighted by Crippen LogP contribution is -2.29. The second-order valence-electron chi connectivity index (χ2n) is 5.75. The molecule has 0 unspecified atom stereocenters. The molecule has 28 heavy (non-hydrogen) atoms. The van der Waals surface area contributed by atoms with Crippen LogP contribution in [0.2, 0.25) is 0 Å². The molecule has 0 atom stereocenters. The zero-order chi connectivity index (χ0) is 20.5. The van der Waals surface area contributed by atoms with Gasteiger partial charge in [0.05, 0.1) is 22.8 Å². The van der Waals surface area contributed by atoms with Crippen molar-refractivity contribution < 1.29 is 24.0 Å². The second-order valence-corrected chi connectivity index (χ2v) is 5.75. The Morgan fingerprint density at radius 3 is 2.46 bits per heavy atom. The van der Waals surface area contributed by atoms with Gasteiger partial charge in [0.1, 0.15) is 0 Å². The molecule has 0 radical (unpaired) electrons. The third-order valence-corrected chi connectivity index (χ3v) is 3.65. The van der Waals surface area contributed by atoms with Gasteiger partial charge in [-0.1, -0.05) is 31.5 Å². The predicted molar refractivity (Wildman–Crippen MR) is 102 cm³/mol. The summed E-state index contributed by atoms with van der Waals surface area (Å²) in [5.41, 5.74) is 0.123. The highest BCUT2D eigenvalue weighted by Gasteiger charge is 2.19. The number of nitrogens with one attached hydrogen (secondary N) is 2. The molecule has 9 nitrogen and oxygen atoms in total. The van der Waals surface area contributed by atoms with Gasteiger partial charge in [0.15, 0.2) is 0 Å². The first kappa shape index (κ1) is 20.6. The van der Waals surface area contributed by atoms with E-state index in [2.05, 4.69) is 10.6 Å². The van der Waals surface area contributed by atoms with E-state index in [4.69, 9.17) is 4.74 Å². The smallest absolute Gasteiger partial charge is 0.340 e. The van der Waals surface area contributed by atoms with E-state index in [-0.39, 0.29) is 29.2 Å². The van der Waals surface area contributed by atoms with E-state index in [1.165, 1.54) is 30.3 Å². The van der Waals surface area contributed by atoms with Crippen molar-refractivity contribution in [2.24, 2.45) is 0 Å². The molecule has 0 aliphatic carbocycles. The summed E-state index contributed by atoms with van der Waals surface area (Å²) < 4.78 is 5.13. The quantitative estimate of drug-likeness (QED) is 0.248. The van der Waals surface area contributed by atoms with Crippen molar-refractivity contribution in [2.75, 3.05) is 17.2 Å². The second kappa shape index (κ2) is 9.81. The summed E-state index contributed by atoms with van der Waals surface area (Å²) in [6.07, 6.45) is 1.58. The van der Waals surface area contributed by atoms with Gasteiger partial charge in [-0.2, -0.15) is 0 Å². The number of non-ortho nitro benzene ring substituents is 1. The average Bonchev–Trinajstić information content (AvgIpc) is 2.68. The Hall–Kier alpha value is -3.75. The number of ether oxygens (including phenoxy) is 1. The molecule has 0 heterocycles. The van der Waals surface area contributed by atoms with E-state index >= 15 is 0 Å². The van der Waals surface area contributed by atoms with E-state index in [1.807, 2.05) is 6.92 Å². The molecule has 0 bridgehead atoms. The maximum absolute atomic E-state index is 12.2. The number of carbonyl (C=O) groups excluding carboxylic acids is 3. The zero-order valence-corrected chi connectivity index (χ0v) is 15.1. The van der Waals surface area contributed by atoms with Crippen LogP contribution in [0.25, 0.3) is 0 Å². The fourth-order valence-corrected chi connectivity index (χ4v) is 2.22. The number of carbonyl (C=O) groups is 3. The lowest BCUT2D eigenvalue weighted by atomic mass is 10.1. The highest BCUT2D eigenvalue weighted by atomic mass is 16.6. The standard InChI is InChI=1S/C19H19N3O6/c1-2-3-11-28-19(25)15-9-4-5-10-16(15)21-18(24)17(23)20-13-7-6-8-14(12-13)22(26)27/h4-10,12H,2-3,11H2,1H3,(H,20,23)(H,21,24). The van der Waals surface area contributed by atoms with Crippen LogP contribution in [0.15, 0.2) is 48.5 Å². The normalized spacial score (nSPS) is 10.0. The molecule has 0 aromatic heterocycles. The molecule has 146 valence electrons. The summed E-state index contributed by atoms with van der Waals surface area (Å²) in [5, 5.41) is 15.4. The van der Waals surface area contributed by atoms with Crippen LogP contribution in [-0.2, 0) is 14.3 Å². The van der Waals surface area contributed by atoms with Crippen LogP contribution >= 0.6 is 0 Å². The van der Waals surface area contributed by atoms with E-state index in [1.54, 1.807) is 12.1 Å². The molecule has 0 aliphatic rings. The molecular formula is C19H19N3O6. The average molecular weight is 385 g/mol. The van der Waals surface area contributed by atoms with Gasteiger partial charge in [-0.3, -0.25) is 19.7 Å². The first-order valence-corrected chi connectivity index (χ1v) is 8.55. The number of hydrogen-bond donors (Lipinski definition) is 2. The minimum atomic E-state index is -1.03. The Labute approximate surface area is 160 Å². The fourth-order valence-electron chi connectivity index (χ4n) is 2.22. The molecule has 2 amide bonds. The van der Waals surface area contributed by atoms with Gasteiger partial charge in [0.2, 0.25) is 0 Å². The lowest BCUT2D eigenvalue weighted by molar-refractivity contribution is -0.384. The number of para-hydroxylation sites is 1. The number of amides is 2. The maximum atomic E-state index is 12.2. The Bertz CT molecular complexity index is 897. The Morgan fingerprint density at radius 1 is 1.04 bits per heavy atom. The molecule has 0 spiro atoms. The number of nitro benzene ring substituents is 1. The molecule has 2 N–H and O–H groups in total. The fraction of sp³-hybridized carbons (Fsp3) is 0.211. The predicted octanol–water partition coefficient (Wildman–Crippen LogP) is 3.13. The van der Waals surface area contributed by atoms with Crippen molar-refractivity contribution in [2.45, 2.75) is 19.8 Å². The van der Waals surface area contributed by atoms with Gasteiger partial charge in [-0.05, 0) is 24.6 Å². The molecule has 9 heteroatoms. The molecule has 2 aromatic carbocycles. The molecule has 0 saturated heterocycles. The van der Waals surface area contributed by atoms with E-state index in [0.717, 1.165) is 12.5 Å². The highest BCUT2D eigenvalue weighted by Crippen LogP contribution is 2.18. The van der Waals surface area contributed by atoms with Crippen molar-refractivity contribution in [3.63, 3.8) is 0 Å². The number of nitro groups is 1. The van der Waals surface area contributed by atoms with E-state index in [9.17, 15) is 24.5 Å². The lowest BCUT2D eigenvalue weighted by Gasteiger charge is -2.11. The van der Waals surface area contributed by atoms with Crippen LogP contribution in [0.3, 0.4) is 0 Å². The Kier molecular flexibility index (Phi) is 7.21.